The number of hydrogen-bond donors (Lipinski definition) is 0. The van der Waals surface area contributed by atoms with E-state index in [4.69, 9.17) is 4.98 Å². The summed E-state index contributed by atoms with van der Waals surface area (Å²) in [6.45, 7) is 2.26. The molecule has 0 bridgehead atoms. The Morgan fingerprint density at radius 2 is 0.583 bits per heavy atom. The first kappa shape index (κ1) is 54.3. The van der Waals surface area contributed by atoms with Crippen LogP contribution in [0.15, 0.2) is 85.2 Å². The number of fused-ring (bicyclic) bond motifs is 1. The van der Waals surface area contributed by atoms with Gasteiger partial charge >= 0.3 is 17.1 Å². The molecule has 0 saturated heterocycles. The first-order chi connectivity index (χ1) is 33.6. The van der Waals surface area contributed by atoms with Gasteiger partial charge in [0.15, 0.2) is 69.8 Å². The van der Waals surface area contributed by atoms with Gasteiger partial charge in [0.05, 0.1) is 22.6 Å². The predicted octanol–water partition coefficient (Wildman–Crippen LogP) is 10.1. The molecule has 0 aliphatic rings. The van der Waals surface area contributed by atoms with Gasteiger partial charge in [-0.1, -0.05) is 36.4 Å². The number of benzene rings is 5. The fourth-order valence-electron chi connectivity index (χ4n) is 7.91. The van der Waals surface area contributed by atoms with Crippen LogP contribution in [0.5, 0.6) is 0 Å². The van der Waals surface area contributed by atoms with Crippen LogP contribution in [0.3, 0.4) is 0 Å². The van der Waals surface area contributed by atoms with Gasteiger partial charge in [0.25, 0.3) is 0 Å². The van der Waals surface area contributed by atoms with E-state index in [1.807, 2.05) is 48.8 Å². The Morgan fingerprint density at radius 1 is 0.306 bits per heavy atom. The molecule has 0 N–H and O–H groups in total. The number of hydrogen-bond acceptors (Lipinski definition) is 4. The molecule has 26 heteroatoms. The number of aromatic nitrogens is 3. The van der Waals surface area contributed by atoms with Crippen molar-refractivity contribution in [1.29, 1.82) is 0 Å². The average Bonchev–Trinajstić information content (AvgIpc) is 3.37. The van der Waals surface area contributed by atoms with E-state index in [0.29, 0.717) is 0 Å². The van der Waals surface area contributed by atoms with Gasteiger partial charge in [-0.15, -0.1) is 21.9 Å². The van der Waals surface area contributed by atoms with Gasteiger partial charge in [-0.3, -0.25) is 19.9 Å². The van der Waals surface area contributed by atoms with Crippen molar-refractivity contribution in [3.8, 4) is 0 Å². The van der Waals surface area contributed by atoms with Crippen LogP contribution in [-0.2, 0) is 36.7 Å². The number of pyridine rings is 3. The molecule has 3 heterocycles. The predicted molar refractivity (Wildman–Crippen MR) is 212 cm³/mol. The Hall–Kier alpha value is -7.05. The van der Waals surface area contributed by atoms with Crippen molar-refractivity contribution in [1.82, 2.24) is 19.9 Å². The van der Waals surface area contributed by atoms with E-state index in [9.17, 15) is 52.7 Å². The molecule has 0 atom stereocenters. The molecule has 0 spiro atoms. The second-order valence-electron chi connectivity index (χ2n) is 15.1. The Labute approximate surface area is 401 Å². The van der Waals surface area contributed by atoms with Gasteiger partial charge in [0.2, 0.25) is 0 Å². The second kappa shape index (κ2) is 21.4. The third-order valence-corrected chi connectivity index (χ3v) is 11.0. The van der Waals surface area contributed by atoms with E-state index in [1.165, 1.54) is 0 Å². The van der Waals surface area contributed by atoms with Crippen LogP contribution in [-0.4, -0.2) is 26.0 Å². The molecule has 8 rings (SSSR count). The number of para-hydroxylation sites is 1. The maximum absolute atomic E-state index is 15.4. The molecular weight excluding hydrogens is 1060 g/mol. The molecule has 0 unspecified atom stereocenters. The molecule has 0 saturated carbocycles. The normalized spacial score (nSPS) is 11.5. The smallest absolute Gasteiger partial charge is 0.286 e. The molecule has 0 aliphatic heterocycles. The van der Waals surface area contributed by atoms with Crippen LogP contribution in [0.2, 0.25) is 0 Å². The molecule has 8 aromatic rings. The zero-order chi connectivity index (χ0) is 52.0. The number of nitrogens with zero attached hydrogens (tertiary/aromatic N) is 4. The zero-order valence-electron chi connectivity index (χ0n) is 34.9. The summed E-state index contributed by atoms with van der Waals surface area (Å²) in [6.07, 6.45) is -3.55. The van der Waals surface area contributed by atoms with E-state index in [1.54, 1.807) is 0 Å². The first-order valence-electron chi connectivity index (χ1n) is 19.7. The van der Waals surface area contributed by atoms with Gasteiger partial charge in [-0.25, -0.2) is 87.8 Å². The summed E-state index contributed by atoms with van der Waals surface area (Å²) >= 11 is 0. The van der Waals surface area contributed by atoms with Gasteiger partial charge in [-0.05, 0) is 36.4 Å². The van der Waals surface area contributed by atoms with Crippen LogP contribution < -0.4 is 21.9 Å². The average molecular weight is 1080 g/mol. The molecule has 3 aromatic heterocycles. The van der Waals surface area contributed by atoms with Crippen LogP contribution in [0.1, 0.15) is 17.1 Å². The minimum absolute atomic E-state index is 0. The zero-order valence-corrected chi connectivity index (χ0v) is 35.9. The molecule has 0 aliphatic carbocycles. The fourth-order valence-corrected chi connectivity index (χ4v) is 7.91. The molecule has 0 fully saturated rings. The molecule has 5 aromatic carbocycles. The third-order valence-electron chi connectivity index (χ3n) is 11.0. The summed E-state index contributed by atoms with van der Waals surface area (Å²) in [5, 5.41) is 1.16. The second-order valence-corrected chi connectivity index (χ2v) is 15.1. The van der Waals surface area contributed by atoms with E-state index >= 15 is 35.1 Å². The number of rotatable bonds is 10. The van der Waals surface area contributed by atoms with Crippen LogP contribution in [0.4, 0.5) is 87.8 Å². The maximum atomic E-state index is 15.4. The summed E-state index contributed by atoms with van der Waals surface area (Å²) in [7, 11) is 0. The van der Waals surface area contributed by atoms with Crippen LogP contribution >= 0.6 is 0 Å². The summed E-state index contributed by atoms with van der Waals surface area (Å²) < 4.78 is 294. The van der Waals surface area contributed by atoms with E-state index in [0.717, 1.165) is 47.6 Å². The topological polar surface area (TPSA) is 41.9 Å². The molecule has 1 radical (unpaired) electrons. The Kier molecular flexibility index (Phi) is 16.1. The summed E-state index contributed by atoms with van der Waals surface area (Å²) in [5.41, 5.74) is -10.2. The van der Waals surface area contributed by atoms with Crippen molar-refractivity contribution in [2.75, 3.05) is 0 Å². The minimum atomic E-state index is -7.22. The quantitative estimate of drug-likeness (QED) is 0.0593. The molecule has 0 amide bonds. The molecular formula is C46H20BCuF20N4+. The summed E-state index contributed by atoms with van der Waals surface area (Å²) in [5.74, 6) is -71.4. The molecule has 4 nitrogen and oxygen atoms in total. The molecule has 377 valence electrons. The van der Waals surface area contributed by atoms with Crippen molar-refractivity contribution < 1.29 is 105 Å². The first-order valence-corrected chi connectivity index (χ1v) is 19.7. The Balaban J connectivity index is 0.000000265. The van der Waals surface area contributed by atoms with Crippen molar-refractivity contribution in [2.45, 2.75) is 19.6 Å². The van der Waals surface area contributed by atoms with Crippen molar-refractivity contribution in [3.63, 3.8) is 0 Å². The van der Waals surface area contributed by atoms with E-state index < -0.39 is 144 Å². The van der Waals surface area contributed by atoms with Crippen LogP contribution in [0, 0.1) is 116 Å². The van der Waals surface area contributed by atoms with Gasteiger partial charge in [0.1, 0.15) is 52.7 Å². The van der Waals surface area contributed by atoms with Gasteiger partial charge in [-0.2, -0.15) is 0 Å². The van der Waals surface area contributed by atoms with Crippen molar-refractivity contribution in [3.05, 3.63) is 219 Å². The maximum Gasteiger partial charge on any atom is 2.00 e. The largest absolute Gasteiger partial charge is 2.00 e. The van der Waals surface area contributed by atoms with Crippen molar-refractivity contribution >= 4 is 38.9 Å². The third kappa shape index (κ3) is 9.33. The van der Waals surface area contributed by atoms with E-state index in [-0.39, 0.29) is 17.1 Å². The monoisotopic (exact) mass is 1080 g/mol. The molecule has 72 heavy (non-hydrogen) atoms. The Bertz CT molecular complexity index is 2950. The van der Waals surface area contributed by atoms with Gasteiger partial charge < -0.3 is 0 Å². The van der Waals surface area contributed by atoms with Crippen LogP contribution in [0.25, 0.3) is 10.9 Å². The number of halogens is 20. The van der Waals surface area contributed by atoms with Crippen molar-refractivity contribution in [2.24, 2.45) is 0 Å². The van der Waals surface area contributed by atoms with Gasteiger partial charge in [0, 0.05) is 37.4 Å². The van der Waals surface area contributed by atoms with E-state index in [2.05, 4.69) is 51.3 Å². The summed E-state index contributed by atoms with van der Waals surface area (Å²) in [4.78, 5) is 16.1. The minimum Gasteiger partial charge on any atom is -0.286 e. The standard InChI is InChI=1S/C24BF20.C22H20N4.Cu/c26-5-1(6(27)14(35)21(42)13(5)34)25(2-7(28)15(36)22(43)16(37)8(2)29,3-9(30)17(38)23(44)18(39)10(3)31)4-11(32)19(40)24(45)20(41)12(4)33;1-2-10-22-18(7-1)11-12-21(25-22)17-26(15-19-8-3-5-13-23-19)16-20-9-4-6-14-24-20;/h;1-14H,15-17H2;/q-1;;+2. The SMILES string of the molecule is Fc1c(F)c(F)c([B-](c2c(F)c(F)c(F)c(F)c2F)(c2c(F)c(F)c(F)c(F)c2F)c2c(F)c(F)c(F)c(F)c2F)c(F)c1F.[Cu+2].c1ccc(CN(Cc2ccccn2)Cc2ccc3ccccc3n2)nc1. The Morgan fingerprint density at radius 3 is 0.889 bits per heavy atom. The fraction of sp³-hybridized carbons (Fsp3) is 0.0652. The summed E-state index contributed by atoms with van der Waals surface area (Å²) in [6, 6.07) is 24.5.